The Labute approximate surface area is 108 Å². The van der Waals surface area contributed by atoms with Crippen molar-refractivity contribution in [1.29, 1.82) is 0 Å². The van der Waals surface area contributed by atoms with Crippen molar-refractivity contribution in [2.45, 2.75) is 26.7 Å². The summed E-state index contributed by atoms with van der Waals surface area (Å²) in [6, 6.07) is 0. The van der Waals surface area contributed by atoms with Crippen molar-refractivity contribution >= 4 is 11.6 Å². The monoisotopic (exact) mass is 257 g/mol. The van der Waals surface area contributed by atoms with Crippen LogP contribution in [-0.4, -0.2) is 25.4 Å². The van der Waals surface area contributed by atoms with Crippen molar-refractivity contribution in [3.8, 4) is 5.75 Å². The number of hydrogen-bond acceptors (Lipinski definition) is 3. The van der Waals surface area contributed by atoms with Gasteiger partial charge in [-0.1, -0.05) is 11.6 Å². The van der Waals surface area contributed by atoms with E-state index in [4.69, 9.17) is 22.1 Å². The number of methoxy groups -OCH3 is 1. The average molecular weight is 258 g/mol. The number of hydrogen-bond donors (Lipinski definition) is 2. The molecular weight excluding hydrogens is 238 g/mol. The number of ether oxygens (including phenoxy) is 1. The molecule has 1 unspecified atom stereocenters. The highest BCUT2D eigenvalue weighted by Crippen LogP contribution is 2.39. The fourth-order valence-corrected chi connectivity index (χ4v) is 2.39. The van der Waals surface area contributed by atoms with Crippen LogP contribution in [0.2, 0.25) is 5.02 Å². The lowest BCUT2D eigenvalue weighted by molar-refractivity contribution is 0.264. The summed E-state index contributed by atoms with van der Waals surface area (Å²) in [7, 11) is 1.63. The zero-order chi connectivity index (χ0) is 13.2. The summed E-state index contributed by atoms with van der Waals surface area (Å²) < 4.78 is 5.45. The van der Waals surface area contributed by atoms with Gasteiger partial charge in [-0.25, -0.2) is 0 Å². The van der Waals surface area contributed by atoms with Crippen LogP contribution in [0.25, 0.3) is 0 Å². The van der Waals surface area contributed by atoms with Crippen molar-refractivity contribution in [3.05, 3.63) is 27.3 Å². The summed E-state index contributed by atoms with van der Waals surface area (Å²) in [5, 5.41) is 10.1. The third-order valence-corrected chi connectivity index (χ3v) is 3.89. The van der Waals surface area contributed by atoms with E-state index < -0.39 is 0 Å². The fraction of sp³-hybridized carbons (Fsp3) is 0.538. The molecule has 0 spiro atoms. The van der Waals surface area contributed by atoms with E-state index >= 15 is 0 Å². The molecule has 3 N–H and O–H groups in total. The van der Waals surface area contributed by atoms with Crippen LogP contribution in [0, 0.1) is 20.8 Å². The lowest BCUT2D eigenvalue weighted by Crippen LogP contribution is -2.19. The zero-order valence-electron chi connectivity index (χ0n) is 10.8. The van der Waals surface area contributed by atoms with Gasteiger partial charge in [0.25, 0.3) is 0 Å². The predicted octanol–water partition coefficient (Wildman–Crippen LogP) is 2.31. The Hall–Kier alpha value is -0.770. The van der Waals surface area contributed by atoms with Crippen molar-refractivity contribution in [1.82, 2.24) is 0 Å². The first kappa shape index (κ1) is 14.3. The van der Waals surface area contributed by atoms with Crippen LogP contribution in [0.15, 0.2) is 0 Å². The normalized spacial score (nSPS) is 12.6. The average Bonchev–Trinajstić information content (AvgIpc) is 2.34. The van der Waals surface area contributed by atoms with E-state index in [9.17, 15) is 5.11 Å². The molecule has 96 valence electrons. The molecule has 0 heterocycles. The van der Waals surface area contributed by atoms with Gasteiger partial charge in [0.2, 0.25) is 0 Å². The minimum atomic E-state index is -0.137. The highest BCUT2D eigenvalue weighted by Gasteiger charge is 2.22. The quantitative estimate of drug-likeness (QED) is 0.870. The van der Waals surface area contributed by atoms with Gasteiger partial charge in [0.05, 0.1) is 13.7 Å². The minimum Gasteiger partial charge on any atom is -0.496 e. The van der Waals surface area contributed by atoms with Crippen molar-refractivity contribution in [2.75, 3.05) is 20.3 Å². The van der Waals surface area contributed by atoms with Gasteiger partial charge in [0.1, 0.15) is 5.75 Å². The Morgan fingerprint density at radius 2 is 1.82 bits per heavy atom. The number of rotatable bonds is 4. The van der Waals surface area contributed by atoms with E-state index in [1.54, 1.807) is 7.11 Å². The Morgan fingerprint density at radius 1 is 1.24 bits per heavy atom. The van der Waals surface area contributed by atoms with Crippen molar-refractivity contribution in [2.24, 2.45) is 5.73 Å². The summed E-state index contributed by atoms with van der Waals surface area (Å²) in [4.78, 5) is 0. The topological polar surface area (TPSA) is 55.5 Å². The molecule has 1 aromatic carbocycles. The number of aliphatic hydroxyl groups is 1. The zero-order valence-corrected chi connectivity index (χ0v) is 11.6. The van der Waals surface area contributed by atoms with Crippen LogP contribution in [-0.2, 0) is 0 Å². The molecular formula is C13H20ClNO2. The van der Waals surface area contributed by atoms with Gasteiger partial charge in [-0.15, -0.1) is 0 Å². The van der Waals surface area contributed by atoms with Gasteiger partial charge in [0.15, 0.2) is 0 Å². The maximum absolute atomic E-state index is 9.40. The maximum Gasteiger partial charge on any atom is 0.126 e. The van der Waals surface area contributed by atoms with E-state index in [1.165, 1.54) is 0 Å². The molecule has 0 amide bonds. The third-order valence-electron chi connectivity index (χ3n) is 3.33. The molecule has 3 nitrogen and oxygen atoms in total. The Kier molecular flexibility index (Phi) is 4.80. The van der Waals surface area contributed by atoms with Gasteiger partial charge < -0.3 is 15.6 Å². The van der Waals surface area contributed by atoms with E-state index in [-0.39, 0.29) is 12.5 Å². The van der Waals surface area contributed by atoms with Gasteiger partial charge in [0, 0.05) is 23.0 Å². The standard InChI is InChI=1S/C13H20ClNO2/c1-7-8(2)13(17-4)11(9(3)12(7)14)10(5-15)6-16/h10,16H,5-6,15H2,1-4H3. The van der Waals surface area contributed by atoms with Crippen molar-refractivity contribution < 1.29 is 9.84 Å². The first-order chi connectivity index (χ1) is 7.99. The second-order valence-electron chi connectivity index (χ2n) is 4.25. The molecule has 0 saturated heterocycles. The molecule has 0 aliphatic heterocycles. The molecule has 0 aliphatic rings. The molecule has 0 aromatic heterocycles. The summed E-state index contributed by atoms with van der Waals surface area (Å²) in [6.07, 6.45) is 0. The van der Waals surface area contributed by atoms with Crippen LogP contribution in [0.3, 0.4) is 0 Å². The van der Waals surface area contributed by atoms with E-state index in [0.29, 0.717) is 6.54 Å². The highest BCUT2D eigenvalue weighted by molar-refractivity contribution is 6.32. The highest BCUT2D eigenvalue weighted by atomic mass is 35.5. The molecule has 0 aliphatic carbocycles. The molecule has 0 bridgehead atoms. The van der Waals surface area contributed by atoms with Gasteiger partial charge >= 0.3 is 0 Å². The maximum atomic E-state index is 9.40. The first-order valence-electron chi connectivity index (χ1n) is 5.63. The number of nitrogens with two attached hydrogens (primary N) is 1. The number of halogens is 1. The van der Waals surface area contributed by atoms with E-state index in [1.807, 2.05) is 20.8 Å². The van der Waals surface area contributed by atoms with Crippen molar-refractivity contribution in [3.63, 3.8) is 0 Å². The molecule has 1 atom stereocenters. The van der Waals surface area contributed by atoms with Gasteiger partial charge in [-0.05, 0) is 37.5 Å². The summed E-state index contributed by atoms with van der Waals surface area (Å²) in [5.41, 5.74) is 9.57. The second kappa shape index (κ2) is 5.71. The molecule has 1 aromatic rings. The number of aliphatic hydroxyl groups excluding tert-OH is 1. The summed E-state index contributed by atoms with van der Waals surface area (Å²) in [6.45, 7) is 6.23. The molecule has 1 rings (SSSR count). The van der Waals surface area contributed by atoms with Gasteiger partial charge in [-0.3, -0.25) is 0 Å². The molecule has 0 fully saturated rings. The third kappa shape index (κ3) is 2.41. The van der Waals surface area contributed by atoms with E-state index in [2.05, 4.69) is 0 Å². The Balaban J connectivity index is 3.56. The molecule has 0 radical (unpaired) electrons. The number of benzene rings is 1. The second-order valence-corrected chi connectivity index (χ2v) is 4.63. The minimum absolute atomic E-state index is 0.00741. The lowest BCUT2D eigenvalue weighted by Gasteiger charge is -2.23. The van der Waals surface area contributed by atoms with Gasteiger partial charge in [-0.2, -0.15) is 0 Å². The van der Waals surface area contributed by atoms with Crippen LogP contribution < -0.4 is 10.5 Å². The lowest BCUT2D eigenvalue weighted by atomic mass is 9.90. The molecule has 4 heteroatoms. The molecule has 17 heavy (non-hydrogen) atoms. The smallest absolute Gasteiger partial charge is 0.126 e. The largest absolute Gasteiger partial charge is 0.496 e. The van der Waals surface area contributed by atoms with Crippen LogP contribution >= 0.6 is 11.6 Å². The van der Waals surface area contributed by atoms with Crippen LogP contribution in [0.5, 0.6) is 5.75 Å². The summed E-state index contributed by atoms with van der Waals surface area (Å²) >= 11 is 6.30. The SMILES string of the molecule is COc1c(C)c(C)c(Cl)c(C)c1C(CN)CO. The fourth-order valence-electron chi connectivity index (χ4n) is 2.15. The van der Waals surface area contributed by atoms with E-state index in [0.717, 1.165) is 33.0 Å². The van der Waals surface area contributed by atoms with Crippen LogP contribution in [0.1, 0.15) is 28.2 Å². The van der Waals surface area contributed by atoms with Crippen LogP contribution in [0.4, 0.5) is 0 Å². The summed E-state index contributed by atoms with van der Waals surface area (Å²) in [5.74, 6) is 0.649. The Morgan fingerprint density at radius 3 is 2.24 bits per heavy atom. The predicted molar refractivity (Wildman–Crippen MR) is 71.1 cm³/mol. The Bertz CT molecular complexity index is 415. The first-order valence-corrected chi connectivity index (χ1v) is 6.01. The molecule has 0 saturated carbocycles.